The van der Waals surface area contributed by atoms with Gasteiger partial charge in [-0.25, -0.2) is 0 Å². The number of nitrogens with two attached hydrogens (primary N) is 1. The van der Waals surface area contributed by atoms with Gasteiger partial charge in [-0.15, -0.1) is 0 Å². The fourth-order valence-corrected chi connectivity index (χ4v) is 3.77. The third-order valence-electron chi connectivity index (χ3n) is 5.91. The van der Waals surface area contributed by atoms with Crippen LogP contribution in [0.15, 0.2) is 48.5 Å². The molecular formula is C29H40N4O3. The molecule has 0 saturated heterocycles. The number of carbonyl (C=O) groups excluding carboxylic acids is 2. The third-order valence-corrected chi connectivity index (χ3v) is 5.91. The number of carbonyl (C=O) groups is 2. The summed E-state index contributed by atoms with van der Waals surface area (Å²) in [5, 5.41) is 2.76. The molecule has 0 aliphatic carbocycles. The lowest BCUT2D eigenvalue weighted by Gasteiger charge is -2.26. The van der Waals surface area contributed by atoms with Gasteiger partial charge >= 0.3 is 0 Å². The van der Waals surface area contributed by atoms with Gasteiger partial charge in [0.05, 0.1) is 25.4 Å². The first-order valence-corrected chi connectivity index (χ1v) is 12.8. The van der Waals surface area contributed by atoms with Crippen LogP contribution in [0.2, 0.25) is 0 Å². The highest BCUT2D eigenvalue weighted by atomic mass is 16.5. The molecule has 0 saturated carbocycles. The van der Waals surface area contributed by atoms with Crippen molar-refractivity contribution in [2.24, 2.45) is 5.73 Å². The zero-order valence-electron chi connectivity index (χ0n) is 21.9. The average Bonchev–Trinajstić information content (AvgIpc) is 2.90. The summed E-state index contributed by atoms with van der Waals surface area (Å²) in [5.41, 5.74) is 8.82. The first-order chi connectivity index (χ1) is 17.5. The van der Waals surface area contributed by atoms with Gasteiger partial charge in [-0.2, -0.15) is 0 Å². The Morgan fingerprint density at radius 1 is 0.944 bits per heavy atom. The van der Waals surface area contributed by atoms with Gasteiger partial charge in [0.1, 0.15) is 0 Å². The molecule has 0 unspecified atom stereocenters. The SMILES string of the molecule is CCN(CC)CC.NCCOCCNC(=O)CCC(=O)N1Cc2ccccc2C#Cc2ccccc21. The van der Waals surface area contributed by atoms with Gasteiger partial charge in [-0.3, -0.25) is 9.59 Å². The maximum absolute atomic E-state index is 13.0. The first kappa shape index (κ1) is 29.1. The molecule has 7 nitrogen and oxygen atoms in total. The van der Waals surface area contributed by atoms with E-state index in [4.69, 9.17) is 10.5 Å². The largest absolute Gasteiger partial charge is 0.378 e. The molecule has 3 N–H and O–H groups in total. The van der Waals surface area contributed by atoms with Gasteiger partial charge in [0.2, 0.25) is 11.8 Å². The molecule has 2 aromatic rings. The lowest BCUT2D eigenvalue weighted by Crippen LogP contribution is -2.34. The number of rotatable bonds is 11. The highest BCUT2D eigenvalue weighted by Crippen LogP contribution is 2.26. The van der Waals surface area contributed by atoms with Crippen LogP contribution < -0.4 is 16.0 Å². The van der Waals surface area contributed by atoms with E-state index < -0.39 is 0 Å². The van der Waals surface area contributed by atoms with Crippen LogP contribution in [-0.2, 0) is 20.9 Å². The molecule has 0 atom stereocenters. The normalized spacial score (nSPS) is 11.6. The Morgan fingerprint density at radius 2 is 1.58 bits per heavy atom. The van der Waals surface area contributed by atoms with Crippen LogP contribution in [0.5, 0.6) is 0 Å². The van der Waals surface area contributed by atoms with Gasteiger partial charge in [-0.05, 0) is 43.4 Å². The van der Waals surface area contributed by atoms with Crippen LogP contribution in [0.1, 0.15) is 50.3 Å². The lowest BCUT2D eigenvalue weighted by atomic mass is 10.0. The maximum atomic E-state index is 13.0. The molecule has 0 fully saturated rings. The second-order valence-corrected chi connectivity index (χ2v) is 8.27. The van der Waals surface area contributed by atoms with Crippen LogP contribution in [-0.4, -0.2) is 62.7 Å². The van der Waals surface area contributed by atoms with Gasteiger partial charge in [-0.1, -0.05) is 62.9 Å². The zero-order chi connectivity index (χ0) is 26.2. The van der Waals surface area contributed by atoms with E-state index in [2.05, 4.69) is 42.8 Å². The summed E-state index contributed by atoms with van der Waals surface area (Å²) in [6.07, 6.45) is 0.251. The molecule has 1 aliphatic rings. The number of hydrogen-bond donors (Lipinski definition) is 2. The third kappa shape index (κ3) is 9.46. The molecule has 0 radical (unpaired) electrons. The number of nitrogens with zero attached hydrogens (tertiary/aromatic N) is 2. The Bertz CT molecular complexity index is 1020. The Morgan fingerprint density at radius 3 is 2.25 bits per heavy atom. The number of ether oxygens (including phenoxy) is 1. The highest BCUT2D eigenvalue weighted by molar-refractivity contribution is 5.96. The minimum absolute atomic E-state index is 0.106. The fourth-order valence-electron chi connectivity index (χ4n) is 3.77. The van der Waals surface area contributed by atoms with Gasteiger partial charge in [0.15, 0.2) is 0 Å². The Labute approximate surface area is 216 Å². The molecule has 36 heavy (non-hydrogen) atoms. The summed E-state index contributed by atoms with van der Waals surface area (Å²) in [6, 6.07) is 15.4. The number of benzene rings is 2. The van der Waals surface area contributed by atoms with Crippen molar-refractivity contribution in [2.45, 2.75) is 40.2 Å². The van der Waals surface area contributed by atoms with E-state index >= 15 is 0 Å². The Balaban J connectivity index is 0.000000572. The van der Waals surface area contributed by atoms with E-state index in [1.54, 1.807) is 4.90 Å². The van der Waals surface area contributed by atoms with E-state index in [-0.39, 0.29) is 24.7 Å². The van der Waals surface area contributed by atoms with Gasteiger partial charge < -0.3 is 25.6 Å². The number of anilines is 1. The van der Waals surface area contributed by atoms with E-state index in [0.29, 0.717) is 32.8 Å². The Kier molecular flexibility index (Phi) is 13.3. The smallest absolute Gasteiger partial charge is 0.227 e. The molecule has 3 rings (SSSR count). The summed E-state index contributed by atoms with van der Waals surface area (Å²) >= 11 is 0. The molecule has 0 spiro atoms. The van der Waals surface area contributed by atoms with Crippen molar-refractivity contribution in [3.63, 3.8) is 0 Å². The van der Waals surface area contributed by atoms with E-state index in [1.165, 1.54) is 19.6 Å². The number of amides is 2. The summed E-state index contributed by atoms with van der Waals surface area (Å²) < 4.78 is 5.22. The van der Waals surface area contributed by atoms with Crippen LogP contribution in [0.25, 0.3) is 0 Å². The van der Waals surface area contributed by atoms with Crippen molar-refractivity contribution in [2.75, 3.05) is 50.8 Å². The second-order valence-electron chi connectivity index (χ2n) is 8.27. The molecule has 2 amide bonds. The van der Waals surface area contributed by atoms with E-state index in [9.17, 15) is 9.59 Å². The molecule has 7 heteroatoms. The van der Waals surface area contributed by atoms with Gasteiger partial charge in [0, 0.05) is 37.1 Å². The van der Waals surface area contributed by atoms with Crippen molar-refractivity contribution >= 4 is 17.5 Å². The lowest BCUT2D eigenvalue weighted by molar-refractivity contribution is -0.125. The van der Waals surface area contributed by atoms with Crippen molar-refractivity contribution in [3.05, 3.63) is 65.2 Å². The first-order valence-electron chi connectivity index (χ1n) is 12.8. The standard InChI is InChI=1S/C23H25N3O3.C6H15N/c24-13-15-29-16-14-25-22(27)11-12-23(28)26-17-20-7-2-1-5-18(20)9-10-19-6-3-4-8-21(19)26;1-4-7(5-2)6-3/h1-8H,11-17,24H2,(H,25,27);4-6H2,1-3H3. The number of nitrogens with one attached hydrogen (secondary N) is 1. The fraction of sp³-hybridized carbons (Fsp3) is 0.448. The molecule has 0 bridgehead atoms. The molecule has 0 aromatic heterocycles. The van der Waals surface area contributed by atoms with Crippen LogP contribution in [0.3, 0.4) is 0 Å². The summed E-state index contributed by atoms with van der Waals surface area (Å²) in [4.78, 5) is 29.2. The number of fused-ring (bicyclic) bond motifs is 2. The maximum Gasteiger partial charge on any atom is 0.227 e. The minimum Gasteiger partial charge on any atom is -0.378 e. The van der Waals surface area contributed by atoms with E-state index in [0.717, 1.165) is 22.4 Å². The van der Waals surface area contributed by atoms with Crippen LogP contribution in [0, 0.1) is 11.8 Å². The zero-order valence-corrected chi connectivity index (χ0v) is 21.9. The Hall–Kier alpha value is -3.18. The molecule has 2 aromatic carbocycles. The molecule has 194 valence electrons. The average molecular weight is 493 g/mol. The second kappa shape index (κ2) is 16.5. The van der Waals surface area contributed by atoms with Gasteiger partial charge in [0.25, 0.3) is 0 Å². The van der Waals surface area contributed by atoms with Crippen molar-refractivity contribution in [1.29, 1.82) is 0 Å². The predicted octanol–water partition coefficient (Wildman–Crippen LogP) is 3.15. The van der Waals surface area contributed by atoms with E-state index in [1.807, 2.05) is 48.5 Å². The number of hydrogen-bond acceptors (Lipinski definition) is 5. The van der Waals surface area contributed by atoms with Crippen molar-refractivity contribution < 1.29 is 14.3 Å². The van der Waals surface area contributed by atoms with Crippen LogP contribution >= 0.6 is 0 Å². The highest BCUT2D eigenvalue weighted by Gasteiger charge is 2.21. The molecular weight excluding hydrogens is 452 g/mol. The predicted molar refractivity (Wildman–Crippen MR) is 146 cm³/mol. The summed E-state index contributed by atoms with van der Waals surface area (Å²) in [7, 11) is 0. The molecule has 1 heterocycles. The van der Waals surface area contributed by atoms with Crippen molar-refractivity contribution in [3.8, 4) is 11.8 Å². The minimum atomic E-state index is -0.171. The number of para-hydroxylation sites is 1. The summed E-state index contributed by atoms with van der Waals surface area (Å²) in [6.45, 7) is 12.3. The topological polar surface area (TPSA) is 87.9 Å². The van der Waals surface area contributed by atoms with Crippen LogP contribution in [0.4, 0.5) is 5.69 Å². The molecule has 1 aliphatic heterocycles. The summed E-state index contributed by atoms with van der Waals surface area (Å²) in [5.74, 6) is 6.09. The monoisotopic (exact) mass is 492 g/mol. The quantitative estimate of drug-likeness (QED) is 0.372. The van der Waals surface area contributed by atoms with Crippen molar-refractivity contribution in [1.82, 2.24) is 10.2 Å².